The van der Waals surface area contributed by atoms with Crippen molar-refractivity contribution in [2.24, 2.45) is 0 Å². The van der Waals surface area contributed by atoms with E-state index in [-0.39, 0.29) is 16.3 Å². The number of phenols is 1. The number of pyridine rings is 1. The Hall–Kier alpha value is -2.60. The maximum atomic E-state index is 11.8. The number of nitrogens with one attached hydrogen (secondary N) is 2. The Bertz CT molecular complexity index is 647. The van der Waals surface area contributed by atoms with Gasteiger partial charge in [0.2, 0.25) is 0 Å². The van der Waals surface area contributed by atoms with E-state index >= 15 is 0 Å². The van der Waals surface area contributed by atoms with E-state index in [0.717, 1.165) is 0 Å². The fraction of sp³-hybridized carbons (Fsp3) is 0. The number of carbonyl (C=O) groups is 2. The van der Waals surface area contributed by atoms with Gasteiger partial charge in [-0.3, -0.25) is 25.4 Å². The Kier molecular flexibility index (Phi) is 4.17. The highest BCUT2D eigenvalue weighted by Crippen LogP contribution is 2.23. The van der Waals surface area contributed by atoms with Crippen molar-refractivity contribution >= 4 is 23.4 Å². The van der Waals surface area contributed by atoms with Crippen LogP contribution in [0.3, 0.4) is 0 Å². The predicted octanol–water partition coefficient (Wildman–Crippen LogP) is 1.52. The van der Waals surface area contributed by atoms with Crippen LogP contribution in [0.5, 0.6) is 5.75 Å². The molecule has 0 bridgehead atoms. The molecule has 3 N–H and O–H groups in total. The largest absolute Gasteiger partial charge is 0.506 e. The number of hydrogen-bond donors (Lipinski definition) is 3. The molecule has 1 aromatic carbocycles. The van der Waals surface area contributed by atoms with E-state index in [9.17, 15) is 14.7 Å². The SMILES string of the molecule is O=C(NNC(=O)c1ccc(O)c(Cl)c1)c1cccnc1. The molecule has 0 atom stereocenters. The van der Waals surface area contributed by atoms with Crippen LogP contribution in [-0.4, -0.2) is 21.9 Å². The van der Waals surface area contributed by atoms with Gasteiger partial charge >= 0.3 is 0 Å². The van der Waals surface area contributed by atoms with Gasteiger partial charge in [-0.1, -0.05) is 11.6 Å². The van der Waals surface area contributed by atoms with Crippen molar-refractivity contribution in [3.8, 4) is 5.75 Å². The van der Waals surface area contributed by atoms with Crippen LogP contribution >= 0.6 is 11.6 Å². The van der Waals surface area contributed by atoms with Gasteiger partial charge in [0.1, 0.15) is 5.75 Å². The van der Waals surface area contributed by atoms with E-state index in [1.54, 1.807) is 12.1 Å². The van der Waals surface area contributed by atoms with Crippen molar-refractivity contribution < 1.29 is 14.7 Å². The number of benzene rings is 1. The van der Waals surface area contributed by atoms with Gasteiger partial charge in [-0.15, -0.1) is 0 Å². The van der Waals surface area contributed by atoms with Crippen LogP contribution in [0, 0.1) is 0 Å². The highest BCUT2D eigenvalue weighted by molar-refractivity contribution is 6.32. The van der Waals surface area contributed by atoms with Crippen molar-refractivity contribution in [1.82, 2.24) is 15.8 Å². The number of aromatic hydroxyl groups is 1. The zero-order valence-electron chi connectivity index (χ0n) is 10.1. The Morgan fingerprint density at radius 3 is 2.40 bits per heavy atom. The Balaban J connectivity index is 1.98. The van der Waals surface area contributed by atoms with Crippen molar-refractivity contribution in [2.75, 3.05) is 0 Å². The number of rotatable bonds is 2. The molecule has 2 aromatic rings. The fourth-order valence-electron chi connectivity index (χ4n) is 1.40. The van der Waals surface area contributed by atoms with Crippen molar-refractivity contribution in [3.05, 3.63) is 58.9 Å². The van der Waals surface area contributed by atoms with Gasteiger partial charge in [-0.2, -0.15) is 0 Å². The highest BCUT2D eigenvalue weighted by Gasteiger charge is 2.10. The van der Waals surface area contributed by atoms with Crippen LogP contribution in [0.15, 0.2) is 42.7 Å². The first-order valence-electron chi connectivity index (χ1n) is 5.57. The van der Waals surface area contributed by atoms with Gasteiger partial charge in [0, 0.05) is 18.0 Å². The summed E-state index contributed by atoms with van der Waals surface area (Å²) >= 11 is 5.69. The summed E-state index contributed by atoms with van der Waals surface area (Å²) in [6.45, 7) is 0. The molecule has 0 saturated heterocycles. The topological polar surface area (TPSA) is 91.3 Å². The Labute approximate surface area is 119 Å². The summed E-state index contributed by atoms with van der Waals surface area (Å²) in [5, 5.41) is 9.30. The summed E-state index contributed by atoms with van der Waals surface area (Å²) in [5.74, 6) is -1.16. The number of carbonyl (C=O) groups excluding carboxylic acids is 2. The third-order valence-electron chi connectivity index (χ3n) is 2.42. The third kappa shape index (κ3) is 3.24. The smallest absolute Gasteiger partial charge is 0.271 e. The molecule has 0 aliphatic rings. The summed E-state index contributed by atoms with van der Waals surface area (Å²) in [5.41, 5.74) is 5.01. The van der Waals surface area contributed by atoms with Crippen molar-refractivity contribution in [1.29, 1.82) is 0 Å². The lowest BCUT2D eigenvalue weighted by atomic mass is 10.2. The molecule has 0 spiro atoms. The number of amides is 2. The second-order valence-electron chi connectivity index (χ2n) is 3.82. The summed E-state index contributed by atoms with van der Waals surface area (Å²) in [6.07, 6.45) is 2.91. The molecule has 2 rings (SSSR count). The third-order valence-corrected chi connectivity index (χ3v) is 2.73. The lowest BCUT2D eigenvalue weighted by Gasteiger charge is -2.07. The van der Waals surface area contributed by atoms with E-state index in [0.29, 0.717) is 5.56 Å². The van der Waals surface area contributed by atoms with Gasteiger partial charge in [0.25, 0.3) is 11.8 Å². The van der Waals surface area contributed by atoms with Crippen LogP contribution in [0.1, 0.15) is 20.7 Å². The van der Waals surface area contributed by atoms with E-state index < -0.39 is 11.8 Å². The summed E-state index contributed by atoms with van der Waals surface area (Å²) < 4.78 is 0. The molecule has 1 heterocycles. The molecule has 0 aliphatic carbocycles. The standard InChI is InChI=1S/C13H10ClN3O3/c14-10-6-8(3-4-11(10)18)12(19)16-17-13(20)9-2-1-5-15-7-9/h1-7,18H,(H,16,19)(H,17,20). The molecule has 0 fully saturated rings. The Morgan fingerprint density at radius 1 is 1.10 bits per heavy atom. The molecule has 2 amide bonds. The maximum absolute atomic E-state index is 11.8. The van der Waals surface area contributed by atoms with Crippen molar-refractivity contribution in [2.45, 2.75) is 0 Å². The first-order valence-corrected chi connectivity index (χ1v) is 5.95. The lowest BCUT2D eigenvalue weighted by Crippen LogP contribution is -2.41. The van der Waals surface area contributed by atoms with E-state index in [1.807, 2.05) is 0 Å². The molecule has 6 nitrogen and oxygen atoms in total. The molecule has 1 aromatic heterocycles. The average Bonchev–Trinajstić information content (AvgIpc) is 2.48. The second kappa shape index (κ2) is 6.03. The molecule has 0 radical (unpaired) electrons. The average molecular weight is 292 g/mol. The number of hydrazine groups is 1. The number of aromatic nitrogens is 1. The fourth-order valence-corrected chi connectivity index (χ4v) is 1.58. The van der Waals surface area contributed by atoms with E-state index in [2.05, 4.69) is 15.8 Å². The maximum Gasteiger partial charge on any atom is 0.271 e. The van der Waals surface area contributed by atoms with Crippen LogP contribution in [0.4, 0.5) is 0 Å². The number of halogens is 1. The minimum atomic E-state index is -0.552. The molecule has 0 unspecified atom stereocenters. The summed E-state index contributed by atoms with van der Waals surface area (Å²) in [7, 11) is 0. The van der Waals surface area contributed by atoms with Crippen molar-refractivity contribution in [3.63, 3.8) is 0 Å². The lowest BCUT2D eigenvalue weighted by molar-refractivity contribution is 0.0846. The normalized spacial score (nSPS) is 9.85. The molecule has 0 saturated carbocycles. The van der Waals surface area contributed by atoms with E-state index in [4.69, 9.17) is 11.6 Å². The zero-order valence-corrected chi connectivity index (χ0v) is 10.9. The van der Waals surface area contributed by atoms with Crippen LogP contribution in [-0.2, 0) is 0 Å². The zero-order chi connectivity index (χ0) is 14.5. The summed E-state index contributed by atoms with van der Waals surface area (Å²) in [4.78, 5) is 27.2. The molecular formula is C13H10ClN3O3. The monoisotopic (exact) mass is 291 g/mol. The van der Waals surface area contributed by atoms with Crippen LogP contribution in [0.2, 0.25) is 5.02 Å². The second-order valence-corrected chi connectivity index (χ2v) is 4.22. The number of nitrogens with zero attached hydrogens (tertiary/aromatic N) is 1. The van der Waals surface area contributed by atoms with Gasteiger partial charge in [0.15, 0.2) is 0 Å². The van der Waals surface area contributed by atoms with Crippen LogP contribution in [0.25, 0.3) is 0 Å². The highest BCUT2D eigenvalue weighted by atomic mass is 35.5. The minimum Gasteiger partial charge on any atom is -0.506 e. The first kappa shape index (κ1) is 13.8. The number of hydrogen-bond acceptors (Lipinski definition) is 4. The number of phenolic OH excluding ortho intramolecular Hbond substituents is 1. The van der Waals surface area contributed by atoms with Crippen LogP contribution < -0.4 is 10.9 Å². The quantitative estimate of drug-likeness (QED) is 0.732. The molecule has 20 heavy (non-hydrogen) atoms. The van der Waals surface area contributed by atoms with Gasteiger partial charge in [-0.05, 0) is 30.3 Å². The first-order chi connectivity index (χ1) is 9.58. The molecule has 7 heteroatoms. The molecular weight excluding hydrogens is 282 g/mol. The molecule has 0 aliphatic heterocycles. The predicted molar refractivity (Wildman–Crippen MR) is 72.3 cm³/mol. The molecule has 102 valence electrons. The summed E-state index contributed by atoms with van der Waals surface area (Å²) in [6, 6.07) is 7.14. The van der Waals surface area contributed by atoms with Gasteiger partial charge < -0.3 is 5.11 Å². The van der Waals surface area contributed by atoms with Gasteiger partial charge in [-0.25, -0.2) is 0 Å². The van der Waals surface area contributed by atoms with Gasteiger partial charge in [0.05, 0.1) is 10.6 Å². The minimum absolute atomic E-state index is 0.0521. The van der Waals surface area contributed by atoms with E-state index in [1.165, 1.54) is 30.6 Å². The Morgan fingerprint density at radius 2 is 1.80 bits per heavy atom.